The lowest BCUT2D eigenvalue weighted by molar-refractivity contribution is 1.18. The minimum atomic E-state index is 1.08. The van der Waals surface area contributed by atoms with E-state index in [1.807, 2.05) is 0 Å². The SMILES string of the molecule is c1ccc(-c2ccc(-c3ccc(N(c4cccc(-c5ccccc5)c4)c4ccc(-c5ccccc5-n5c6ccccc6c6ccccc65)cc4-c4ccccc4)cc3)cc2)cc1. The van der Waals surface area contributed by atoms with Gasteiger partial charge >= 0.3 is 0 Å². The molecule has 0 aliphatic carbocycles. The van der Waals surface area contributed by atoms with Gasteiger partial charge in [0, 0.05) is 33.3 Å². The molecule has 0 aliphatic rings. The van der Waals surface area contributed by atoms with E-state index in [1.54, 1.807) is 0 Å². The summed E-state index contributed by atoms with van der Waals surface area (Å²) in [5, 5.41) is 2.50. The number of nitrogens with zero attached hydrogens (tertiary/aromatic N) is 2. The number of benzene rings is 10. The van der Waals surface area contributed by atoms with E-state index in [2.05, 4.69) is 264 Å². The van der Waals surface area contributed by atoms with Crippen LogP contribution in [0.3, 0.4) is 0 Å². The van der Waals surface area contributed by atoms with Crippen molar-refractivity contribution in [3.05, 3.63) is 255 Å². The van der Waals surface area contributed by atoms with Gasteiger partial charge in [0.25, 0.3) is 0 Å². The van der Waals surface area contributed by atoms with E-state index in [0.29, 0.717) is 0 Å². The number of rotatable bonds is 9. The molecule has 0 fully saturated rings. The zero-order valence-corrected chi connectivity index (χ0v) is 34.1. The molecule has 1 aromatic heterocycles. The largest absolute Gasteiger partial charge is 0.310 e. The van der Waals surface area contributed by atoms with Crippen molar-refractivity contribution in [2.24, 2.45) is 0 Å². The molecule has 11 rings (SSSR count). The Kier molecular flexibility index (Phi) is 9.57. The summed E-state index contributed by atoms with van der Waals surface area (Å²) in [6, 6.07) is 92.1. The van der Waals surface area contributed by atoms with Crippen molar-refractivity contribution >= 4 is 38.9 Å². The summed E-state index contributed by atoms with van der Waals surface area (Å²) in [5.41, 5.74) is 18.6. The smallest absolute Gasteiger partial charge is 0.0541 e. The molecule has 10 aromatic carbocycles. The van der Waals surface area contributed by atoms with E-state index in [4.69, 9.17) is 0 Å². The second-order valence-electron chi connectivity index (χ2n) is 15.7. The second-order valence-corrected chi connectivity index (χ2v) is 15.7. The maximum atomic E-state index is 2.42. The average molecular weight is 791 g/mol. The minimum Gasteiger partial charge on any atom is -0.310 e. The zero-order valence-electron chi connectivity index (χ0n) is 34.1. The van der Waals surface area contributed by atoms with Gasteiger partial charge in [-0.15, -0.1) is 0 Å². The van der Waals surface area contributed by atoms with Crippen molar-refractivity contribution in [2.75, 3.05) is 4.90 Å². The summed E-state index contributed by atoms with van der Waals surface area (Å²) in [6.45, 7) is 0. The Morgan fingerprint density at radius 2 is 0.710 bits per heavy atom. The number of hydrogen-bond acceptors (Lipinski definition) is 1. The van der Waals surface area contributed by atoms with Gasteiger partial charge in [0.2, 0.25) is 0 Å². The molecule has 62 heavy (non-hydrogen) atoms. The first-order chi connectivity index (χ1) is 30.8. The van der Waals surface area contributed by atoms with Crippen LogP contribution in [-0.4, -0.2) is 4.57 Å². The van der Waals surface area contributed by atoms with Gasteiger partial charge in [-0.3, -0.25) is 0 Å². The lowest BCUT2D eigenvalue weighted by Gasteiger charge is -2.29. The van der Waals surface area contributed by atoms with Crippen LogP contribution in [0.2, 0.25) is 0 Å². The van der Waals surface area contributed by atoms with Crippen molar-refractivity contribution in [1.82, 2.24) is 4.57 Å². The maximum Gasteiger partial charge on any atom is 0.0541 e. The highest BCUT2D eigenvalue weighted by atomic mass is 15.1. The third kappa shape index (κ3) is 6.84. The van der Waals surface area contributed by atoms with E-state index in [9.17, 15) is 0 Å². The number of para-hydroxylation sites is 3. The Labute approximate surface area is 362 Å². The van der Waals surface area contributed by atoms with E-state index in [0.717, 1.165) is 39.4 Å². The Morgan fingerprint density at radius 1 is 0.258 bits per heavy atom. The van der Waals surface area contributed by atoms with E-state index < -0.39 is 0 Å². The fraction of sp³-hybridized carbons (Fsp3) is 0. The predicted molar refractivity (Wildman–Crippen MR) is 263 cm³/mol. The fourth-order valence-electron chi connectivity index (χ4n) is 9.01. The van der Waals surface area contributed by atoms with Gasteiger partial charge in [0.1, 0.15) is 0 Å². The summed E-state index contributed by atoms with van der Waals surface area (Å²) in [4.78, 5) is 2.42. The first-order valence-corrected chi connectivity index (χ1v) is 21.3. The Morgan fingerprint density at radius 3 is 1.32 bits per heavy atom. The summed E-state index contributed by atoms with van der Waals surface area (Å²) in [7, 11) is 0. The molecular weight excluding hydrogens is 749 g/mol. The first-order valence-electron chi connectivity index (χ1n) is 21.3. The molecule has 292 valence electrons. The molecule has 0 amide bonds. The van der Waals surface area contributed by atoms with Gasteiger partial charge < -0.3 is 9.47 Å². The normalized spacial score (nSPS) is 11.2. The Bertz CT molecular complexity index is 3260. The zero-order chi connectivity index (χ0) is 41.2. The topological polar surface area (TPSA) is 8.17 Å². The van der Waals surface area contributed by atoms with Crippen molar-refractivity contribution in [1.29, 1.82) is 0 Å². The average Bonchev–Trinajstić information content (AvgIpc) is 3.70. The van der Waals surface area contributed by atoms with Crippen LogP contribution in [-0.2, 0) is 0 Å². The van der Waals surface area contributed by atoms with E-state index >= 15 is 0 Å². The predicted octanol–water partition coefficient (Wildman–Crippen LogP) is 16.6. The van der Waals surface area contributed by atoms with Crippen LogP contribution in [0.1, 0.15) is 0 Å². The molecule has 0 saturated heterocycles. The van der Waals surface area contributed by atoms with Crippen LogP contribution >= 0.6 is 0 Å². The first kappa shape index (κ1) is 36.8. The molecule has 0 aliphatic heterocycles. The Hall–Kier alpha value is -8.20. The lowest BCUT2D eigenvalue weighted by Crippen LogP contribution is -2.11. The highest BCUT2D eigenvalue weighted by molar-refractivity contribution is 6.10. The fourth-order valence-corrected chi connectivity index (χ4v) is 9.01. The molecule has 1 heterocycles. The molecular formula is C60H42N2. The van der Waals surface area contributed by atoms with Crippen LogP contribution in [0.4, 0.5) is 17.1 Å². The van der Waals surface area contributed by atoms with E-state index in [1.165, 1.54) is 60.8 Å². The number of aromatic nitrogens is 1. The second kappa shape index (κ2) is 16.1. The molecule has 2 nitrogen and oxygen atoms in total. The lowest BCUT2D eigenvalue weighted by atomic mass is 9.95. The molecule has 0 atom stereocenters. The maximum absolute atomic E-state index is 2.42. The van der Waals surface area contributed by atoms with Gasteiger partial charge in [0.15, 0.2) is 0 Å². The van der Waals surface area contributed by atoms with Gasteiger partial charge in [-0.05, 0) is 99.1 Å². The standard InChI is InChI=1S/C60H42N2/c1-4-17-43(18-5-1)45-31-33-46(34-32-45)47-35-38-51(39-36-47)61(52-24-16-23-49(41-52)44-19-6-2-7-20-44)60-40-37-50(42-56(60)48-21-8-3-9-22-48)53-25-10-13-28-57(53)62-58-29-14-11-26-54(58)55-27-12-15-30-59(55)62/h1-42H. The van der Waals surface area contributed by atoms with Gasteiger partial charge in [-0.25, -0.2) is 0 Å². The Balaban J connectivity index is 1.07. The van der Waals surface area contributed by atoms with Gasteiger partial charge in [-0.1, -0.05) is 200 Å². The van der Waals surface area contributed by atoms with Crippen LogP contribution in [0.5, 0.6) is 0 Å². The van der Waals surface area contributed by atoms with Crippen molar-refractivity contribution in [3.8, 4) is 61.3 Å². The molecule has 0 N–H and O–H groups in total. The van der Waals surface area contributed by atoms with Crippen molar-refractivity contribution in [3.63, 3.8) is 0 Å². The third-order valence-corrected chi connectivity index (χ3v) is 12.0. The summed E-state index contributed by atoms with van der Waals surface area (Å²) in [6.07, 6.45) is 0. The molecule has 0 spiro atoms. The summed E-state index contributed by atoms with van der Waals surface area (Å²) < 4.78 is 2.42. The third-order valence-electron chi connectivity index (χ3n) is 12.0. The highest BCUT2D eigenvalue weighted by Crippen LogP contribution is 2.45. The van der Waals surface area contributed by atoms with Crippen LogP contribution in [0.25, 0.3) is 83.1 Å². The van der Waals surface area contributed by atoms with Crippen LogP contribution in [0.15, 0.2) is 255 Å². The number of anilines is 3. The molecule has 0 saturated carbocycles. The van der Waals surface area contributed by atoms with E-state index in [-0.39, 0.29) is 0 Å². The minimum absolute atomic E-state index is 1.08. The number of hydrogen-bond donors (Lipinski definition) is 0. The monoisotopic (exact) mass is 790 g/mol. The molecule has 0 unspecified atom stereocenters. The van der Waals surface area contributed by atoms with Crippen LogP contribution < -0.4 is 4.90 Å². The van der Waals surface area contributed by atoms with Crippen molar-refractivity contribution < 1.29 is 0 Å². The highest BCUT2D eigenvalue weighted by Gasteiger charge is 2.21. The molecule has 0 bridgehead atoms. The summed E-state index contributed by atoms with van der Waals surface area (Å²) in [5.74, 6) is 0. The quantitative estimate of drug-likeness (QED) is 0.141. The number of fused-ring (bicyclic) bond motifs is 3. The molecule has 2 heteroatoms. The molecule has 0 radical (unpaired) electrons. The van der Waals surface area contributed by atoms with Crippen LogP contribution in [0, 0.1) is 0 Å². The van der Waals surface area contributed by atoms with Crippen molar-refractivity contribution in [2.45, 2.75) is 0 Å². The van der Waals surface area contributed by atoms with Gasteiger partial charge in [0.05, 0.1) is 22.4 Å². The van der Waals surface area contributed by atoms with Gasteiger partial charge in [-0.2, -0.15) is 0 Å². The molecule has 11 aromatic rings. The summed E-state index contributed by atoms with van der Waals surface area (Å²) >= 11 is 0.